The van der Waals surface area contributed by atoms with Gasteiger partial charge in [-0.1, -0.05) is 17.7 Å². The highest BCUT2D eigenvalue weighted by atomic mass is 35.5. The molecule has 0 aliphatic carbocycles. The van der Waals surface area contributed by atoms with Gasteiger partial charge in [-0.2, -0.15) is 0 Å². The number of para-hydroxylation sites is 1. The van der Waals surface area contributed by atoms with Crippen LogP contribution in [-0.2, 0) is 0 Å². The molecule has 1 aromatic carbocycles. The summed E-state index contributed by atoms with van der Waals surface area (Å²) >= 11 is 6.22. The molecular formula is C13H19ClN2. The molecule has 0 saturated heterocycles. The van der Waals surface area contributed by atoms with E-state index in [1.807, 2.05) is 12.1 Å². The fourth-order valence-corrected chi connectivity index (χ4v) is 2.82. The van der Waals surface area contributed by atoms with Crippen molar-refractivity contribution in [3.63, 3.8) is 0 Å². The first-order valence-corrected chi connectivity index (χ1v) is 6.13. The molecule has 0 spiro atoms. The Morgan fingerprint density at radius 2 is 2.06 bits per heavy atom. The first-order chi connectivity index (χ1) is 7.43. The van der Waals surface area contributed by atoms with Crippen molar-refractivity contribution in [2.24, 2.45) is 0 Å². The Morgan fingerprint density at radius 1 is 1.38 bits per heavy atom. The summed E-state index contributed by atoms with van der Waals surface area (Å²) < 4.78 is 0. The van der Waals surface area contributed by atoms with Gasteiger partial charge in [-0.05, 0) is 39.8 Å². The van der Waals surface area contributed by atoms with Gasteiger partial charge in [0.15, 0.2) is 0 Å². The average Bonchev–Trinajstić information content (AvgIpc) is 2.15. The van der Waals surface area contributed by atoms with Crippen LogP contribution in [0, 0.1) is 0 Å². The van der Waals surface area contributed by atoms with Gasteiger partial charge < -0.3 is 10.2 Å². The second-order valence-electron chi connectivity index (χ2n) is 5.26. The minimum absolute atomic E-state index is 0.117. The van der Waals surface area contributed by atoms with Gasteiger partial charge in [-0.25, -0.2) is 0 Å². The number of hydrogen-bond acceptors (Lipinski definition) is 2. The van der Waals surface area contributed by atoms with E-state index < -0.39 is 0 Å². The van der Waals surface area contributed by atoms with Crippen LogP contribution >= 0.6 is 11.6 Å². The van der Waals surface area contributed by atoms with E-state index in [1.165, 1.54) is 5.69 Å². The Labute approximate surface area is 103 Å². The minimum atomic E-state index is 0.117. The minimum Gasteiger partial charge on any atom is -0.380 e. The van der Waals surface area contributed by atoms with Gasteiger partial charge in [-0.3, -0.25) is 0 Å². The topological polar surface area (TPSA) is 15.3 Å². The molecule has 0 unspecified atom stereocenters. The van der Waals surface area contributed by atoms with E-state index in [4.69, 9.17) is 11.6 Å². The van der Waals surface area contributed by atoms with Crippen LogP contribution in [0.15, 0.2) is 18.2 Å². The molecule has 0 radical (unpaired) electrons. The van der Waals surface area contributed by atoms with Gasteiger partial charge in [0.05, 0.1) is 21.9 Å². The van der Waals surface area contributed by atoms with Crippen molar-refractivity contribution in [3.8, 4) is 0 Å². The lowest BCUT2D eigenvalue weighted by Crippen LogP contribution is -2.55. The summed E-state index contributed by atoms with van der Waals surface area (Å²) in [6.45, 7) is 9.87. The van der Waals surface area contributed by atoms with E-state index in [-0.39, 0.29) is 5.54 Å². The summed E-state index contributed by atoms with van der Waals surface area (Å²) in [5.41, 5.74) is 2.39. The second-order valence-corrected chi connectivity index (χ2v) is 5.67. The molecule has 0 atom stereocenters. The Bertz CT molecular complexity index is 399. The Morgan fingerprint density at radius 3 is 2.69 bits per heavy atom. The smallest absolute Gasteiger partial charge is 0.0768 e. The lowest BCUT2D eigenvalue weighted by molar-refractivity contribution is 0.439. The highest BCUT2D eigenvalue weighted by Crippen LogP contribution is 2.41. The van der Waals surface area contributed by atoms with Crippen LogP contribution in [0.3, 0.4) is 0 Å². The molecule has 1 heterocycles. The van der Waals surface area contributed by atoms with Crippen LogP contribution in [-0.4, -0.2) is 18.1 Å². The van der Waals surface area contributed by atoms with Gasteiger partial charge in [0.25, 0.3) is 0 Å². The third-order valence-corrected chi connectivity index (χ3v) is 3.43. The van der Waals surface area contributed by atoms with Crippen molar-refractivity contribution in [1.82, 2.24) is 0 Å². The predicted molar refractivity (Wildman–Crippen MR) is 71.6 cm³/mol. The molecule has 0 aromatic heterocycles. The zero-order valence-electron chi connectivity index (χ0n) is 10.3. The first kappa shape index (κ1) is 11.6. The van der Waals surface area contributed by atoms with Crippen molar-refractivity contribution >= 4 is 23.0 Å². The van der Waals surface area contributed by atoms with Crippen LogP contribution in [0.2, 0.25) is 5.02 Å². The van der Waals surface area contributed by atoms with Crippen LogP contribution in [0.1, 0.15) is 27.7 Å². The van der Waals surface area contributed by atoms with E-state index in [2.05, 4.69) is 44.0 Å². The summed E-state index contributed by atoms with van der Waals surface area (Å²) in [6.07, 6.45) is 0. The number of hydrogen-bond donors (Lipinski definition) is 1. The van der Waals surface area contributed by atoms with E-state index in [0.29, 0.717) is 6.04 Å². The molecule has 0 bridgehead atoms. The molecular weight excluding hydrogens is 220 g/mol. The monoisotopic (exact) mass is 238 g/mol. The molecule has 2 rings (SSSR count). The van der Waals surface area contributed by atoms with Gasteiger partial charge in [0.1, 0.15) is 0 Å². The Balaban J connectivity index is 2.54. The highest BCUT2D eigenvalue weighted by Gasteiger charge is 2.34. The molecule has 0 fully saturated rings. The molecule has 3 heteroatoms. The fraction of sp³-hybridized carbons (Fsp3) is 0.538. The van der Waals surface area contributed by atoms with Gasteiger partial charge in [0.2, 0.25) is 0 Å². The third-order valence-electron chi connectivity index (χ3n) is 3.12. The number of benzene rings is 1. The van der Waals surface area contributed by atoms with Crippen molar-refractivity contribution in [2.45, 2.75) is 39.3 Å². The van der Waals surface area contributed by atoms with Gasteiger partial charge in [0, 0.05) is 12.6 Å². The van der Waals surface area contributed by atoms with E-state index in [1.54, 1.807) is 0 Å². The number of nitrogens with zero attached hydrogens (tertiary/aromatic N) is 1. The molecule has 1 aliphatic rings. The van der Waals surface area contributed by atoms with Crippen LogP contribution < -0.4 is 10.2 Å². The molecule has 16 heavy (non-hydrogen) atoms. The number of nitrogens with one attached hydrogen (secondary N) is 1. The maximum Gasteiger partial charge on any atom is 0.0768 e. The standard InChI is InChI=1S/C13H19ClN2/c1-9(2)16-11-7-5-6-10(14)12(11)15-8-13(16,3)4/h5-7,9,15H,8H2,1-4H3. The first-order valence-electron chi connectivity index (χ1n) is 5.75. The maximum absolute atomic E-state index is 6.22. The SMILES string of the molecule is CC(C)N1c2cccc(Cl)c2NCC1(C)C. The van der Waals surface area contributed by atoms with Gasteiger partial charge >= 0.3 is 0 Å². The Kier molecular flexibility index (Phi) is 2.79. The number of rotatable bonds is 1. The molecule has 0 saturated carbocycles. The summed E-state index contributed by atoms with van der Waals surface area (Å²) in [5.74, 6) is 0. The highest BCUT2D eigenvalue weighted by molar-refractivity contribution is 6.34. The summed E-state index contributed by atoms with van der Waals surface area (Å²) in [4.78, 5) is 2.44. The summed E-state index contributed by atoms with van der Waals surface area (Å²) in [5, 5.41) is 4.24. The normalized spacial score (nSPS) is 18.2. The van der Waals surface area contributed by atoms with Gasteiger partial charge in [-0.15, -0.1) is 0 Å². The molecule has 88 valence electrons. The fourth-order valence-electron chi connectivity index (χ4n) is 2.58. The Hall–Kier alpha value is -0.890. The largest absolute Gasteiger partial charge is 0.380 e. The van der Waals surface area contributed by atoms with E-state index >= 15 is 0 Å². The third kappa shape index (κ3) is 1.75. The quantitative estimate of drug-likeness (QED) is 0.802. The number of anilines is 2. The molecule has 1 aliphatic heterocycles. The number of fused-ring (bicyclic) bond motifs is 1. The molecule has 0 amide bonds. The number of halogens is 1. The predicted octanol–water partition coefficient (Wildman–Crippen LogP) is 3.76. The summed E-state index contributed by atoms with van der Waals surface area (Å²) in [7, 11) is 0. The van der Waals surface area contributed by atoms with Crippen LogP contribution in [0.5, 0.6) is 0 Å². The molecule has 1 aromatic rings. The lowest BCUT2D eigenvalue weighted by Gasteiger charge is -2.48. The van der Waals surface area contributed by atoms with E-state index in [0.717, 1.165) is 17.3 Å². The van der Waals surface area contributed by atoms with E-state index in [9.17, 15) is 0 Å². The summed E-state index contributed by atoms with van der Waals surface area (Å²) in [6, 6.07) is 6.55. The zero-order valence-corrected chi connectivity index (χ0v) is 11.1. The zero-order chi connectivity index (χ0) is 11.9. The van der Waals surface area contributed by atoms with Crippen LogP contribution in [0.25, 0.3) is 0 Å². The maximum atomic E-state index is 6.22. The van der Waals surface area contributed by atoms with Crippen molar-refractivity contribution in [2.75, 3.05) is 16.8 Å². The van der Waals surface area contributed by atoms with Crippen LogP contribution in [0.4, 0.5) is 11.4 Å². The molecule has 2 nitrogen and oxygen atoms in total. The van der Waals surface area contributed by atoms with Crippen molar-refractivity contribution in [1.29, 1.82) is 0 Å². The molecule has 1 N–H and O–H groups in total. The second kappa shape index (κ2) is 3.85. The lowest BCUT2D eigenvalue weighted by atomic mass is 9.95. The van der Waals surface area contributed by atoms with Crippen molar-refractivity contribution < 1.29 is 0 Å². The van der Waals surface area contributed by atoms with Crippen molar-refractivity contribution in [3.05, 3.63) is 23.2 Å². The average molecular weight is 239 g/mol.